The zero-order valence-corrected chi connectivity index (χ0v) is 13.6. The van der Waals surface area contributed by atoms with Gasteiger partial charge in [-0.2, -0.15) is 18.3 Å². The predicted molar refractivity (Wildman–Crippen MR) is 84.1 cm³/mol. The number of nitrogens with zero attached hydrogens (tertiary/aromatic N) is 2. The molecule has 1 aromatic carbocycles. The minimum absolute atomic E-state index is 0.0769. The lowest BCUT2D eigenvalue weighted by molar-refractivity contribution is -0.194. The zero-order chi connectivity index (χ0) is 18.7. The Morgan fingerprint density at radius 3 is 2.38 bits per heavy atom. The minimum Gasteiger partial charge on any atom is -0.370 e. The van der Waals surface area contributed by atoms with Gasteiger partial charge in [0.15, 0.2) is 0 Å². The average molecular weight is 373 g/mol. The molecule has 4 nitrogen and oxygen atoms in total. The van der Waals surface area contributed by atoms with Crippen LogP contribution in [0.15, 0.2) is 23.3 Å². The lowest BCUT2D eigenvalue weighted by Gasteiger charge is -2.54. The predicted octanol–water partition coefficient (Wildman–Crippen LogP) is 3.41. The Morgan fingerprint density at radius 1 is 1.15 bits per heavy atom. The van der Waals surface area contributed by atoms with Crippen molar-refractivity contribution in [2.75, 3.05) is 18.0 Å². The molecule has 3 aliphatic heterocycles. The molecule has 0 radical (unpaired) electrons. The molecular weight excluding hydrogens is 357 g/mol. The molecule has 3 fully saturated rings. The van der Waals surface area contributed by atoms with Gasteiger partial charge in [0.25, 0.3) is 5.92 Å². The molecule has 2 bridgehead atoms. The summed E-state index contributed by atoms with van der Waals surface area (Å²) in [5.41, 5.74) is 1.96. The Balaban J connectivity index is 1.67. The first-order chi connectivity index (χ1) is 12.2. The van der Waals surface area contributed by atoms with Crippen LogP contribution in [0.25, 0.3) is 0 Å². The van der Waals surface area contributed by atoms with Gasteiger partial charge >= 0.3 is 6.18 Å². The van der Waals surface area contributed by atoms with Crippen LogP contribution in [-0.2, 0) is 11.0 Å². The summed E-state index contributed by atoms with van der Waals surface area (Å²) < 4.78 is 68.2. The number of alkyl halides is 5. The number of halogens is 5. The first kappa shape index (κ1) is 17.2. The van der Waals surface area contributed by atoms with Crippen LogP contribution in [-0.4, -0.2) is 30.6 Å². The Kier molecular flexibility index (Phi) is 3.75. The fourth-order valence-corrected chi connectivity index (χ4v) is 3.93. The molecule has 5 rings (SSSR count). The van der Waals surface area contributed by atoms with Gasteiger partial charge in [0.05, 0.1) is 11.3 Å². The van der Waals surface area contributed by atoms with E-state index in [9.17, 15) is 26.7 Å². The number of carbonyl (C=O) groups excluding carboxylic acids is 1. The van der Waals surface area contributed by atoms with E-state index >= 15 is 0 Å². The minimum atomic E-state index is -4.62. The maximum absolute atomic E-state index is 13.7. The van der Waals surface area contributed by atoms with Gasteiger partial charge in [0.2, 0.25) is 5.91 Å². The van der Waals surface area contributed by atoms with E-state index in [0.29, 0.717) is 12.1 Å². The number of benzene rings is 1. The summed E-state index contributed by atoms with van der Waals surface area (Å²) in [6, 6.07) is 3.81. The van der Waals surface area contributed by atoms with E-state index in [4.69, 9.17) is 0 Å². The van der Waals surface area contributed by atoms with Crippen molar-refractivity contribution in [3.05, 3.63) is 29.3 Å². The van der Waals surface area contributed by atoms with Crippen molar-refractivity contribution in [1.29, 1.82) is 0 Å². The molecule has 140 valence electrons. The Hall–Kier alpha value is -2.19. The summed E-state index contributed by atoms with van der Waals surface area (Å²) in [6.45, 7) is -0.161. The summed E-state index contributed by atoms with van der Waals surface area (Å²) in [4.78, 5) is 12.6. The van der Waals surface area contributed by atoms with Crippen LogP contribution < -0.4 is 10.3 Å². The molecule has 1 aromatic rings. The summed E-state index contributed by atoms with van der Waals surface area (Å²) >= 11 is 0. The molecule has 9 heteroatoms. The number of fused-ring (bicyclic) bond motifs is 2. The van der Waals surface area contributed by atoms with Gasteiger partial charge in [-0.25, -0.2) is 14.2 Å². The van der Waals surface area contributed by atoms with E-state index in [0.717, 1.165) is 6.07 Å². The van der Waals surface area contributed by atoms with Crippen molar-refractivity contribution in [3.8, 4) is 0 Å². The number of carbonyl (C=O) groups is 1. The third-order valence-corrected chi connectivity index (χ3v) is 5.42. The molecule has 1 aliphatic carbocycles. The van der Waals surface area contributed by atoms with E-state index in [1.54, 1.807) is 0 Å². The molecule has 4 aliphatic rings. The number of amides is 1. The van der Waals surface area contributed by atoms with Gasteiger partial charge in [-0.1, -0.05) is 6.07 Å². The number of hydrazone groups is 1. The van der Waals surface area contributed by atoms with E-state index in [2.05, 4.69) is 10.5 Å². The van der Waals surface area contributed by atoms with Crippen molar-refractivity contribution in [1.82, 2.24) is 5.43 Å². The van der Waals surface area contributed by atoms with E-state index < -0.39 is 29.5 Å². The molecule has 0 aromatic heterocycles. The van der Waals surface area contributed by atoms with Crippen LogP contribution in [0.2, 0.25) is 0 Å². The Morgan fingerprint density at radius 2 is 1.85 bits per heavy atom. The second kappa shape index (κ2) is 5.65. The highest BCUT2D eigenvalue weighted by Crippen LogP contribution is 2.54. The highest BCUT2D eigenvalue weighted by atomic mass is 19.4. The normalized spacial score (nSPS) is 27.5. The smallest absolute Gasteiger partial charge is 0.370 e. The number of hydrogen-bond donors (Lipinski definition) is 1. The lowest BCUT2D eigenvalue weighted by atomic mass is 9.67. The van der Waals surface area contributed by atoms with Gasteiger partial charge < -0.3 is 4.90 Å². The third-order valence-electron chi connectivity index (χ3n) is 5.42. The van der Waals surface area contributed by atoms with Crippen LogP contribution in [0.1, 0.15) is 30.4 Å². The molecule has 1 saturated carbocycles. The molecule has 2 unspecified atom stereocenters. The molecule has 1 amide bonds. The zero-order valence-electron chi connectivity index (χ0n) is 13.6. The van der Waals surface area contributed by atoms with Crippen molar-refractivity contribution in [2.45, 2.75) is 31.4 Å². The summed E-state index contributed by atoms with van der Waals surface area (Å²) in [5.74, 6) is -4.83. The lowest BCUT2D eigenvalue weighted by Crippen LogP contribution is -2.63. The number of rotatable bonds is 2. The first-order valence-corrected chi connectivity index (χ1v) is 8.36. The fourth-order valence-electron chi connectivity index (χ4n) is 3.93. The van der Waals surface area contributed by atoms with Gasteiger partial charge in [-0.15, -0.1) is 0 Å². The van der Waals surface area contributed by atoms with Crippen LogP contribution >= 0.6 is 0 Å². The largest absolute Gasteiger partial charge is 0.418 e. The van der Waals surface area contributed by atoms with Crippen molar-refractivity contribution in [3.63, 3.8) is 0 Å². The molecule has 2 saturated heterocycles. The summed E-state index contributed by atoms with van der Waals surface area (Å²) in [7, 11) is 0. The second-order valence-corrected chi connectivity index (χ2v) is 7.03. The van der Waals surface area contributed by atoms with Crippen LogP contribution in [0.5, 0.6) is 0 Å². The summed E-state index contributed by atoms with van der Waals surface area (Å²) in [6.07, 6.45) is -3.84. The van der Waals surface area contributed by atoms with Crippen LogP contribution in [0.3, 0.4) is 0 Å². The Bertz CT molecular complexity index is 775. The van der Waals surface area contributed by atoms with Gasteiger partial charge in [0, 0.05) is 43.5 Å². The van der Waals surface area contributed by atoms with E-state index in [1.165, 1.54) is 17.0 Å². The Labute approximate surface area is 146 Å². The average Bonchev–Trinajstić information content (AvgIpc) is 2.61. The van der Waals surface area contributed by atoms with E-state index in [1.807, 2.05) is 0 Å². The number of anilines is 1. The fraction of sp³-hybridized carbons (Fsp3) is 0.529. The molecular formula is C17H16F5N3O. The highest BCUT2D eigenvalue weighted by Gasteiger charge is 2.61. The van der Waals surface area contributed by atoms with Gasteiger partial charge in [-0.3, -0.25) is 4.79 Å². The SMILES string of the molecule is O=C1CCC(c2ccc(N3CC4CC(C3)C4(F)F)c(C(F)(F)F)c2)=NN1. The van der Waals surface area contributed by atoms with Crippen LogP contribution in [0, 0.1) is 11.8 Å². The maximum Gasteiger partial charge on any atom is 0.418 e. The van der Waals surface area contributed by atoms with Gasteiger partial charge in [-0.05, 0) is 24.1 Å². The maximum atomic E-state index is 13.7. The number of hydrogen-bond acceptors (Lipinski definition) is 3. The monoisotopic (exact) mass is 373 g/mol. The number of nitrogens with one attached hydrogen (secondary N) is 1. The first-order valence-electron chi connectivity index (χ1n) is 8.36. The highest BCUT2D eigenvalue weighted by molar-refractivity contribution is 6.04. The quantitative estimate of drug-likeness (QED) is 0.808. The van der Waals surface area contributed by atoms with E-state index in [-0.39, 0.29) is 43.1 Å². The third kappa shape index (κ3) is 2.73. The topological polar surface area (TPSA) is 44.7 Å². The number of piperidine rings is 2. The van der Waals surface area contributed by atoms with Crippen molar-refractivity contribution < 1.29 is 26.7 Å². The molecule has 0 spiro atoms. The molecule has 1 N–H and O–H groups in total. The molecule has 26 heavy (non-hydrogen) atoms. The summed E-state index contributed by atoms with van der Waals surface area (Å²) in [5, 5.41) is 3.82. The molecule has 2 atom stereocenters. The standard InChI is InChI=1S/C17H16F5N3O/c18-16(19)10-6-11(16)8-25(7-10)14-3-1-9(5-12(14)17(20,21)22)13-2-4-15(26)24-23-13/h1,3,5,10-11H,2,4,6-8H2,(H,24,26). The second-order valence-electron chi connectivity index (χ2n) is 7.03. The van der Waals surface area contributed by atoms with Crippen molar-refractivity contribution >= 4 is 17.3 Å². The van der Waals surface area contributed by atoms with Gasteiger partial charge in [0.1, 0.15) is 0 Å². The molecule has 3 heterocycles. The van der Waals surface area contributed by atoms with Crippen molar-refractivity contribution in [2.24, 2.45) is 16.9 Å². The van der Waals surface area contributed by atoms with Crippen LogP contribution in [0.4, 0.5) is 27.6 Å².